The Labute approximate surface area is 200 Å². The lowest BCUT2D eigenvalue weighted by atomic mass is 10.1. The van der Waals surface area contributed by atoms with Crippen LogP contribution in [0.3, 0.4) is 0 Å². The molecule has 0 fully saturated rings. The van der Waals surface area contributed by atoms with Gasteiger partial charge in [0.15, 0.2) is 17.3 Å². The quantitative estimate of drug-likeness (QED) is 0.465. The standard InChI is InChI=1S/C18H10Br2ClF2N5O4/c1-24-17(30)12-13(7(19)5-10-14(12)32-18(22,23)31-10)26-16(29)9-6-11(20)27-28(9)15-8(21)3-2-4-25-15/h2-6H,1H3,(H,24,30)(H,26,29). The molecule has 3 heterocycles. The van der Waals surface area contributed by atoms with E-state index in [2.05, 4.69) is 62.0 Å². The number of alkyl halides is 2. The van der Waals surface area contributed by atoms with E-state index in [1.807, 2.05) is 0 Å². The lowest BCUT2D eigenvalue weighted by Crippen LogP contribution is -2.27. The number of rotatable bonds is 4. The highest BCUT2D eigenvalue weighted by atomic mass is 79.9. The van der Waals surface area contributed by atoms with E-state index < -0.39 is 23.9 Å². The van der Waals surface area contributed by atoms with Gasteiger partial charge in [-0.2, -0.15) is 5.10 Å². The molecular formula is C18H10Br2ClF2N5O4. The summed E-state index contributed by atoms with van der Waals surface area (Å²) >= 11 is 12.5. The fraction of sp³-hybridized carbons (Fsp3) is 0.111. The summed E-state index contributed by atoms with van der Waals surface area (Å²) in [7, 11) is 1.30. The van der Waals surface area contributed by atoms with Crippen molar-refractivity contribution in [2.45, 2.75) is 6.29 Å². The van der Waals surface area contributed by atoms with Crippen molar-refractivity contribution in [3.63, 3.8) is 0 Å². The Hall–Kier alpha value is -2.77. The lowest BCUT2D eigenvalue weighted by Gasteiger charge is -2.15. The van der Waals surface area contributed by atoms with Crippen LogP contribution in [0.15, 0.2) is 39.5 Å². The number of carbonyl (C=O) groups excluding carboxylic acids is 2. The lowest BCUT2D eigenvalue weighted by molar-refractivity contribution is -0.286. The van der Waals surface area contributed by atoms with Crippen LogP contribution >= 0.6 is 43.5 Å². The maximum Gasteiger partial charge on any atom is 0.586 e. The summed E-state index contributed by atoms with van der Waals surface area (Å²) in [6.07, 6.45) is -2.50. The van der Waals surface area contributed by atoms with E-state index in [9.17, 15) is 18.4 Å². The van der Waals surface area contributed by atoms with Crippen LogP contribution in [0.4, 0.5) is 14.5 Å². The summed E-state index contributed by atoms with van der Waals surface area (Å²) in [5.74, 6) is -2.23. The van der Waals surface area contributed by atoms with Gasteiger partial charge < -0.3 is 20.1 Å². The largest absolute Gasteiger partial charge is 0.586 e. The van der Waals surface area contributed by atoms with Crippen molar-refractivity contribution >= 4 is 61.0 Å². The summed E-state index contributed by atoms with van der Waals surface area (Å²) in [6.45, 7) is 0. The Kier molecular flexibility index (Phi) is 5.81. The molecule has 1 aliphatic rings. The number of halogens is 5. The Balaban J connectivity index is 1.79. The molecule has 0 unspecified atom stereocenters. The fourth-order valence-electron chi connectivity index (χ4n) is 2.90. The number of amides is 2. The molecule has 2 amide bonds. The van der Waals surface area contributed by atoms with Crippen LogP contribution in [-0.2, 0) is 0 Å². The van der Waals surface area contributed by atoms with Crippen LogP contribution < -0.4 is 20.1 Å². The van der Waals surface area contributed by atoms with Crippen molar-refractivity contribution in [3.05, 3.63) is 55.8 Å². The Morgan fingerprint density at radius 2 is 1.97 bits per heavy atom. The van der Waals surface area contributed by atoms with Gasteiger partial charge in [0, 0.05) is 29.8 Å². The van der Waals surface area contributed by atoms with Gasteiger partial charge in [0.1, 0.15) is 15.9 Å². The van der Waals surface area contributed by atoms with Crippen molar-refractivity contribution in [2.24, 2.45) is 0 Å². The smallest absolute Gasteiger partial charge is 0.395 e. The summed E-state index contributed by atoms with van der Waals surface area (Å²) in [6, 6.07) is 5.73. The fourth-order valence-corrected chi connectivity index (χ4v) is 3.99. The van der Waals surface area contributed by atoms with Gasteiger partial charge in [-0.25, -0.2) is 9.67 Å². The van der Waals surface area contributed by atoms with Gasteiger partial charge in [0.2, 0.25) is 0 Å². The highest BCUT2D eigenvalue weighted by Gasteiger charge is 2.46. The number of nitrogens with one attached hydrogen (secondary N) is 2. The van der Waals surface area contributed by atoms with Gasteiger partial charge in [-0.05, 0) is 44.0 Å². The van der Waals surface area contributed by atoms with E-state index in [0.29, 0.717) is 4.60 Å². The molecule has 0 aliphatic carbocycles. The third kappa shape index (κ3) is 4.02. The van der Waals surface area contributed by atoms with Crippen molar-refractivity contribution in [2.75, 3.05) is 12.4 Å². The van der Waals surface area contributed by atoms with Crippen molar-refractivity contribution in [1.82, 2.24) is 20.1 Å². The molecule has 4 rings (SSSR count). The summed E-state index contributed by atoms with van der Waals surface area (Å²) in [5.41, 5.74) is -0.482. The van der Waals surface area contributed by atoms with Gasteiger partial charge in [-0.15, -0.1) is 8.78 Å². The normalized spacial score (nSPS) is 13.7. The molecule has 2 N–H and O–H groups in total. The second kappa shape index (κ2) is 8.30. The number of anilines is 1. The van der Waals surface area contributed by atoms with E-state index in [4.69, 9.17) is 11.6 Å². The molecule has 32 heavy (non-hydrogen) atoms. The first-order valence-electron chi connectivity index (χ1n) is 8.63. The number of hydrogen-bond acceptors (Lipinski definition) is 6. The summed E-state index contributed by atoms with van der Waals surface area (Å²) in [5, 5.41) is 9.25. The minimum Gasteiger partial charge on any atom is -0.395 e. The molecule has 2 aromatic heterocycles. The average Bonchev–Trinajstić information content (AvgIpc) is 3.26. The second-order valence-electron chi connectivity index (χ2n) is 6.21. The molecule has 0 spiro atoms. The second-order valence-corrected chi connectivity index (χ2v) is 8.28. The maximum absolute atomic E-state index is 13.6. The number of benzene rings is 1. The van der Waals surface area contributed by atoms with E-state index >= 15 is 0 Å². The molecule has 166 valence electrons. The number of nitrogens with zero attached hydrogens (tertiary/aromatic N) is 3. The number of ether oxygens (including phenoxy) is 2. The van der Waals surface area contributed by atoms with Crippen LogP contribution in [0.2, 0.25) is 5.02 Å². The van der Waals surface area contributed by atoms with Crippen LogP contribution in [0, 0.1) is 0 Å². The number of pyridine rings is 1. The first-order valence-corrected chi connectivity index (χ1v) is 10.6. The van der Waals surface area contributed by atoms with Crippen molar-refractivity contribution < 1.29 is 27.8 Å². The molecule has 14 heteroatoms. The monoisotopic (exact) mass is 591 g/mol. The highest BCUT2D eigenvalue weighted by Crippen LogP contribution is 2.49. The van der Waals surface area contributed by atoms with Crippen LogP contribution in [0.5, 0.6) is 11.5 Å². The van der Waals surface area contributed by atoms with Gasteiger partial charge in [0.25, 0.3) is 11.8 Å². The SMILES string of the molecule is CNC(=O)c1c(NC(=O)c2cc(Br)nn2-c2ncccc2Cl)c(Br)cc2c1OC(F)(F)O2. The van der Waals surface area contributed by atoms with E-state index in [1.165, 1.54) is 24.0 Å². The molecule has 1 aromatic carbocycles. The highest BCUT2D eigenvalue weighted by molar-refractivity contribution is 9.10. The first kappa shape index (κ1) is 22.4. The van der Waals surface area contributed by atoms with Gasteiger partial charge >= 0.3 is 6.29 Å². The summed E-state index contributed by atoms with van der Waals surface area (Å²) < 4.78 is 37.8. The number of carbonyl (C=O) groups is 2. The average molecular weight is 594 g/mol. The Morgan fingerprint density at radius 3 is 2.66 bits per heavy atom. The zero-order valence-corrected chi connectivity index (χ0v) is 19.7. The Morgan fingerprint density at radius 1 is 1.22 bits per heavy atom. The predicted octanol–water partition coefficient (Wildman–Crippen LogP) is 4.38. The molecule has 3 aromatic rings. The van der Waals surface area contributed by atoms with Gasteiger partial charge in [-0.3, -0.25) is 9.59 Å². The third-order valence-corrected chi connectivity index (χ3v) is 5.50. The zero-order valence-electron chi connectivity index (χ0n) is 15.8. The molecule has 0 saturated carbocycles. The number of fused-ring (bicyclic) bond motifs is 1. The topological polar surface area (TPSA) is 107 Å². The molecule has 0 atom stereocenters. The zero-order chi connectivity index (χ0) is 23.2. The summed E-state index contributed by atoms with van der Waals surface area (Å²) in [4.78, 5) is 29.8. The van der Waals surface area contributed by atoms with E-state index in [1.54, 1.807) is 12.1 Å². The molecular weight excluding hydrogens is 583 g/mol. The van der Waals surface area contributed by atoms with Gasteiger partial charge in [0.05, 0.1) is 10.7 Å². The number of hydrogen-bond donors (Lipinski definition) is 2. The van der Waals surface area contributed by atoms with E-state index in [-0.39, 0.29) is 38.0 Å². The Bertz CT molecular complexity index is 1270. The third-order valence-electron chi connectivity index (χ3n) is 4.19. The molecule has 0 saturated heterocycles. The maximum atomic E-state index is 13.6. The van der Waals surface area contributed by atoms with Gasteiger partial charge in [-0.1, -0.05) is 11.6 Å². The van der Waals surface area contributed by atoms with Crippen LogP contribution in [0.1, 0.15) is 20.8 Å². The molecule has 0 radical (unpaired) electrons. The van der Waals surface area contributed by atoms with Crippen LogP contribution in [0.25, 0.3) is 5.82 Å². The van der Waals surface area contributed by atoms with Crippen molar-refractivity contribution in [1.29, 1.82) is 0 Å². The predicted molar refractivity (Wildman–Crippen MR) is 116 cm³/mol. The van der Waals surface area contributed by atoms with E-state index in [0.717, 1.165) is 6.07 Å². The molecule has 9 nitrogen and oxygen atoms in total. The minimum absolute atomic E-state index is 0.00442. The molecule has 0 bridgehead atoms. The van der Waals surface area contributed by atoms with Crippen LogP contribution in [-0.4, -0.2) is 39.9 Å². The first-order chi connectivity index (χ1) is 15.1. The van der Waals surface area contributed by atoms with Crippen molar-refractivity contribution in [3.8, 4) is 17.3 Å². The number of aromatic nitrogens is 3. The molecule has 1 aliphatic heterocycles. The minimum atomic E-state index is -3.97.